The molecule has 0 bridgehead atoms. The van der Waals surface area contributed by atoms with E-state index in [2.05, 4.69) is 10.1 Å². The van der Waals surface area contributed by atoms with Crippen LogP contribution in [0.15, 0.2) is 28.8 Å². The number of aromatic nitrogens is 2. The summed E-state index contributed by atoms with van der Waals surface area (Å²) in [4.78, 5) is 4.38. The normalized spacial score (nSPS) is 17.4. The maximum Gasteiger partial charge on any atom is 0.228 e. The Balaban J connectivity index is 1.78. The fourth-order valence-corrected chi connectivity index (χ4v) is 2.28. The molecule has 3 rings (SSSR count). The quantitative estimate of drug-likeness (QED) is 0.925. The van der Waals surface area contributed by atoms with Crippen molar-refractivity contribution in [3.63, 3.8) is 0 Å². The highest BCUT2D eigenvalue weighted by Gasteiger charge is 2.34. The summed E-state index contributed by atoms with van der Waals surface area (Å²) in [5, 5.41) is 4.67. The molecule has 2 N–H and O–H groups in total. The second-order valence-corrected chi connectivity index (χ2v) is 5.35. The average molecular weight is 264 g/mol. The summed E-state index contributed by atoms with van der Waals surface area (Å²) in [6.45, 7) is 0. The van der Waals surface area contributed by atoms with Crippen LogP contribution in [-0.2, 0) is 6.42 Å². The van der Waals surface area contributed by atoms with E-state index < -0.39 is 0 Å². The Morgan fingerprint density at radius 3 is 2.61 bits per heavy atom. The van der Waals surface area contributed by atoms with Crippen LogP contribution < -0.4 is 5.73 Å². The molecule has 18 heavy (non-hydrogen) atoms. The van der Waals surface area contributed by atoms with Gasteiger partial charge < -0.3 is 10.3 Å². The molecule has 0 unspecified atom stereocenters. The first-order valence-corrected chi connectivity index (χ1v) is 6.40. The van der Waals surface area contributed by atoms with Crippen LogP contribution in [0.3, 0.4) is 0 Å². The van der Waals surface area contributed by atoms with Crippen molar-refractivity contribution >= 4 is 11.6 Å². The van der Waals surface area contributed by atoms with E-state index in [9.17, 15) is 0 Å². The Morgan fingerprint density at radius 2 is 2.00 bits per heavy atom. The first kappa shape index (κ1) is 11.7. The third-order valence-electron chi connectivity index (χ3n) is 3.42. The van der Waals surface area contributed by atoms with E-state index in [1.165, 1.54) is 6.42 Å². The van der Waals surface area contributed by atoms with Gasteiger partial charge in [0.15, 0.2) is 0 Å². The predicted octanol–water partition coefficient (Wildman–Crippen LogP) is 2.81. The van der Waals surface area contributed by atoms with Gasteiger partial charge in [0.25, 0.3) is 0 Å². The molecule has 2 aromatic rings. The Hall–Kier alpha value is -1.39. The van der Waals surface area contributed by atoms with Crippen molar-refractivity contribution < 1.29 is 4.52 Å². The molecule has 0 saturated heterocycles. The van der Waals surface area contributed by atoms with Crippen molar-refractivity contribution in [1.29, 1.82) is 0 Å². The monoisotopic (exact) mass is 263 g/mol. The lowest BCUT2D eigenvalue weighted by atomic mass is 9.75. The van der Waals surface area contributed by atoms with Gasteiger partial charge in [0.1, 0.15) is 0 Å². The van der Waals surface area contributed by atoms with Crippen molar-refractivity contribution in [2.24, 2.45) is 5.73 Å². The number of benzene rings is 1. The van der Waals surface area contributed by atoms with Gasteiger partial charge in [-0.05, 0) is 43.5 Å². The molecule has 1 heterocycles. The summed E-state index contributed by atoms with van der Waals surface area (Å²) >= 11 is 5.84. The van der Waals surface area contributed by atoms with Gasteiger partial charge in [-0.1, -0.05) is 16.8 Å². The Labute approximate surface area is 110 Å². The van der Waals surface area contributed by atoms with Gasteiger partial charge in [-0.25, -0.2) is 0 Å². The zero-order valence-corrected chi connectivity index (χ0v) is 10.7. The molecule has 0 radical (unpaired) electrons. The smallest absolute Gasteiger partial charge is 0.228 e. The number of nitrogens with zero attached hydrogens (tertiary/aromatic N) is 2. The highest BCUT2D eigenvalue weighted by atomic mass is 35.5. The van der Waals surface area contributed by atoms with E-state index in [0.29, 0.717) is 23.2 Å². The maximum absolute atomic E-state index is 6.16. The molecule has 1 aliphatic rings. The van der Waals surface area contributed by atoms with Crippen LogP contribution in [0.5, 0.6) is 0 Å². The van der Waals surface area contributed by atoms with Crippen LogP contribution in [0.25, 0.3) is 11.4 Å². The van der Waals surface area contributed by atoms with Gasteiger partial charge >= 0.3 is 0 Å². The van der Waals surface area contributed by atoms with Gasteiger partial charge in [-0.15, -0.1) is 0 Å². The summed E-state index contributed by atoms with van der Waals surface area (Å²) in [6.07, 6.45) is 3.92. The van der Waals surface area contributed by atoms with E-state index in [0.717, 1.165) is 18.4 Å². The summed E-state index contributed by atoms with van der Waals surface area (Å²) in [7, 11) is 0. The highest BCUT2D eigenvalue weighted by molar-refractivity contribution is 6.30. The Morgan fingerprint density at radius 1 is 1.28 bits per heavy atom. The Kier molecular flexibility index (Phi) is 2.84. The average Bonchev–Trinajstić information content (AvgIpc) is 2.76. The zero-order valence-electron chi connectivity index (χ0n) is 9.90. The largest absolute Gasteiger partial charge is 0.339 e. The van der Waals surface area contributed by atoms with Crippen LogP contribution in [-0.4, -0.2) is 15.7 Å². The van der Waals surface area contributed by atoms with Crippen molar-refractivity contribution in [1.82, 2.24) is 10.1 Å². The van der Waals surface area contributed by atoms with Crippen molar-refractivity contribution in [2.45, 2.75) is 31.2 Å². The molecule has 0 aliphatic heterocycles. The SMILES string of the molecule is NC1(Cc2nc(-c3ccc(Cl)cc3)no2)CCC1. The van der Waals surface area contributed by atoms with Crippen molar-refractivity contribution in [3.05, 3.63) is 35.2 Å². The summed E-state index contributed by atoms with van der Waals surface area (Å²) < 4.78 is 5.25. The lowest BCUT2D eigenvalue weighted by Crippen LogP contribution is -2.48. The number of hydrogen-bond acceptors (Lipinski definition) is 4. The van der Waals surface area contributed by atoms with Crippen LogP contribution >= 0.6 is 11.6 Å². The highest BCUT2D eigenvalue weighted by Crippen LogP contribution is 2.32. The maximum atomic E-state index is 6.16. The fraction of sp³-hybridized carbons (Fsp3) is 0.385. The third-order valence-corrected chi connectivity index (χ3v) is 3.68. The number of hydrogen-bond donors (Lipinski definition) is 1. The molecule has 1 aliphatic carbocycles. The minimum Gasteiger partial charge on any atom is -0.339 e. The molecule has 1 aromatic heterocycles. The van der Waals surface area contributed by atoms with Crippen molar-refractivity contribution in [2.75, 3.05) is 0 Å². The van der Waals surface area contributed by atoms with Crippen LogP contribution in [0.4, 0.5) is 0 Å². The van der Waals surface area contributed by atoms with Gasteiger partial charge in [0.2, 0.25) is 11.7 Å². The van der Waals surface area contributed by atoms with Crippen molar-refractivity contribution in [3.8, 4) is 11.4 Å². The van der Waals surface area contributed by atoms with Crippen LogP contribution in [0.1, 0.15) is 25.2 Å². The minimum absolute atomic E-state index is 0.135. The summed E-state index contributed by atoms with van der Waals surface area (Å²) in [5.41, 5.74) is 6.92. The third kappa shape index (κ3) is 2.26. The molecule has 4 nitrogen and oxygen atoms in total. The molecule has 5 heteroatoms. The van der Waals surface area contributed by atoms with E-state index in [1.54, 1.807) is 0 Å². The van der Waals surface area contributed by atoms with Gasteiger partial charge in [-0.3, -0.25) is 0 Å². The zero-order chi connectivity index (χ0) is 12.6. The first-order chi connectivity index (χ1) is 8.65. The van der Waals surface area contributed by atoms with E-state index >= 15 is 0 Å². The Bertz CT molecular complexity index is 546. The molecule has 1 saturated carbocycles. The topological polar surface area (TPSA) is 64.9 Å². The fourth-order valence-electron chi connectivity index (χ4n) is 2.15. The van der Waals surface area contributed by atoms with Gasteiger partial charge in [-0.2, -0.15) is 4.98 Å². The first-order valence-electron chi connectivity index (χ1n) is 6.02. The lowest BCUT2D eigenvalue weighted by Gasteiger charge is -2.36. The molecule has 0 amide bonds. The molecule has 1 aromatic carbocycles. The summed E-state index contributed by atoms with van der Waals surface area (Å²) in [5.74, 6) is 1.20. The summed E-state index contributed by atoms with van der Waals surface area (Å²) in [6, 6.07) is 7.36. The molecule has 1 fully saturated rings. The van der Waals surface area contributed by atoms with E-state index in [4.69, 9.17) is 21.9 Å². The number of halogens is 1. The molecule has 94 valence electrons. The molecule has 0 atom stereocenters. The van der Waals surface area contributed by atoms with Gasteiger partial charge in [0.05, 0.1) is 0 Å². The predicted molar refractivity (Wildman–Crippen MR) is 69.2 cm³/mol. The molecular formula is C13H14ClN3O. The van der Waals surface area contributed by atoms with Crippen LogP contribution in [0, 0.1) is 0 Å². The molecule has 0 spiro atoms. The second kappa shape index (κ2) is 4.37. The number of nitrogens with two attached hydrogens (primary N) is 1. The standard InChI is InChI=1S/C13H14ClN3O/c14-10-4-2-9(3-5-10)12-16-11(18-17-12)8-13(15)6-1-7-13/h2-5H,1,6-8,15H2. The molecular weight excluding hydrogens is 250 g/mol. The van der Waals surface area contributed by atoms with E-state index in [-0.39, 0.29) is 5.54 Å². The van der Waals surface area contributed by atoms with E-state index in [1.807, 2.05) is 24.3 Å². The number of rotatable bonds is 3. The minimum atomic E-state index is -0.135. The lowest BCUT2D eigenvalue weighted by molar-refractivity contribution is 0.222. The van der Waals surface area contributed by atoms with Crippen LogP contribution in [0.2, 0.25) is 5.02 Å². The van der Waals surface area contributed by atoms with Gasteiger partial charge in [0, 0.05) is 22.5 Å². The second-order valence-electron chi connectivity index (χ2n) is 4.91.